The van der Waals surface area contributed by atoms with Gasteiger partial charge < -0.3 is 21.3 Å². The minimum atomic E-state index is -5.23. The molecule has 4 aromatic rings. The number of amides is 4. The highest BCUT2D eigenvalue weighted by Crippen LogP contribution is 2.39. The summed E-state index contributed by atoms with van der Waals surface area (Å²) < 4.78 is 161. The predicted octanol–water partition coefficient (Wildman–Crippen LogP) is 10.2. The Bertz CT molecular complexity index is 1610. The maximum absolute atomic E-state index is 13.4. The van der Waals surface area contributed by atoms with Gasteiger partial charge in [0.15, 0.2) is 0 Å². The highest BCUT2D eigenvalue weighted by Gasteiger charge is 2.39. The summed E-state index contributed by atoms with van der Waals surface area (Å²) in [6, 6.07) is 9.98. The van der Waals surface area contributed by atoms with Gasteiger partial charge in [0.25, 0.3) is 0 Å². The van der Waals surface area contributed by atoms with Crippen LogP contribution in [0, 0.1) is 0 Å². The van der Waals surface area contributed by atoms with Crippen molar-refractivity contribution in [2.24, 2.45) is 0 Å². The van der Waals surface area contributed by atoms with Gasteiger partial charge in [-0.3, -0.25) is 0 Å². The van der Waals surface area contributed by atoms with Crippen molar-refractivity contribution >= 4 is 23.4 Å². The Morgan fingerprint density at radius 2 is 0.680 bits per heavy atom. The van der Waals surface area contributed by atoms with Crippen LogP contribution >= 0.6 is 0 Å². The van der Waals surface area contributed by atoms with E-state index in [4.69, 9.17) is 0 Å². The van der Waals surface area contributed by atoms with Gasteiger partial charge in [-0.05, 0) is 47.5 Å². The number of benzene rings is 4. The van der Waals surface area contributed by atoms with Crippen molar-refractivity contribution in [2.75, 3.05) is 10.6 Å². The third kappa shape index (κ3) is 9.82. The smallest absolute Gasteiger partial charge is 0.329 e. The Balaban J connectivity index is 1.70. The van der Waals surface area contributed by atoms with Gasteiger partial charge in [0, 0.05) is 11.4 Å². The standard InChI is InChI=1S/C32H22F12N4O2/c33-29(34,35)19-11-20(30(36,37)38)14-23(13-19)45-27(49)47-25(17-7-3-1-4-8-17)26(18-9-5-2-6-10-18)48-28(50)46-24-15-21(31(39,40)41)12-22(16-24)32(42,43)44/h1-16,25-26H,(H2,45,47,49)(H2,46,48,50)/t25-,26-/m1/s1. The third-order valence-corrected chi connectivity index (χ3v) is 6.91. The monoisotopic (exact) mass is 722 g/mol. The number of nitrogens with one attached hydrogen (secondary N) is 4. The van der Waals surface area contributed by atoms with Crippen molar-refractivity contribution in [3.8, 4) is 0 Å². The van der Waals surface area contributed by atoms with Gasteiger partial charge >= 0.3 is 36.8 Å². The van der Waals surface area contributed by atoms with E-state index in [0.717, 1.165) is 0 Å². The molecule has 0 saturated heterocycles. The topological polar surface area (TPSA) is 82.3 Å². The van der Waals surface area contributed by atoms with E-state index in [1.54, 1.807) is 12.1 Å². The van der Waals surface area contributed by atoms with Crippen LogP contribution in [0.2, 0.25) is 0 Å². The normalized spacial score (nSPS) is 13.6. The van der Waals surface area contributed by atoms with Crippen LogP contribution in [0.1, 0.15) is 45.5 Å². The molecule has 266 valence electrons. The lowest BCUT2D eigenvalue weighted by Crippen LogP contribution is -2.43. The fourth-order valence-electron chi connectivity index (χ4n) is 4.71. The van der Waals surface area contributed by atoms with E-state index in [1.807, 2.05) is 10.6 Å². The number of carbonyl (C=O) groups excluding carboxylic acids is 2. The number of halogens is 12. The van der Waals surface area contributed by atoms with Crippen LogP contribution in [0.4, 0.5) is 73.6 Å². The van der Waals surface area contributed by atoms with Crippen molar-refractivity contribution in [3.05, 3.63) is 130 Å². The maximum Gasteiger partial charge on any atom is 0.416 e. The molecule has 0 spiro atoms. The number of hydrogen-bond donors (Lipinski definition) is 4. The molecule has 4 rings (SSSR count). The molecular formula is C32H22F12N4O2. The van der Waals surface area contributed by atoms with Gasteiger partial charge in [-0.1, -0.05) is 60.7 Å². The van der Waals surface area contributed by atoms with Crippen molar-refractivity contribution in [1.82, 2.24) is 10.6 Å². The third-order valence-electron chi connectivity index (χ3n) is 6.91. The van der Waals surface area contributed by atoms with Crippen molar-refractivity contribution in [3.63, 3.8) is 0 Å². The lowest BCUT2D eigenvalue weighted by Gasteiger charge is -2.30. The number of carbonyl (C=O) groups is 2. The zero-order valence-corrected chi connectivity index (χ0v) is 24.7. The molecule has 0 aliphatic heterocycles. The average molecular weight is 723 g/mol. The van der Waals surface area contributed by atoms with Crippen LogP contribution in [0.25, 0.3) is 0 Å². The zero-order valence-electron chi connectivity index (χ0n) is 24.7. The Kier molecular flexibility index (Phi) is 10.6. The number of hydrogen-bond acceptors (Lipinski definition) is 2. The Morgan fingerprint density at radius 1 is 0.420 bits per heavy atom. The van der Waals surface area contributed by atoms with E-state index in [9.17, 15) is 62.3 Å². The van der Waals surface area contributed by atoms with Gasteiger partial charge in [-0.15, -0.1) is 0 Å². The molecule has 0 aromatic heterocycles. The van der Waals surface area contributed by atoms with E-state index in [2.05, 4.69) is 10.6 Å². The first kappa shape index (κ1) is 37.4. The van der Waals surface area contributed by atoms with E-state index < -0.39 is 82.5 Å². The van der Waals surface area contributed by atoms with Gasteiger partial charge in [-0.2, -0.15) is 52.7 Å². The van der Waals surface area contributed by atoms with Crippen LogP contribution in [-0.4, -0.2) is 12.1 Å². The largest absolute Gasteiger partial charge is 0.416 e. The molecule has 4 amide bonds. The first-order valence-corrected chi connectivity index (χ1v) is 13.9. The lowest BCUT2D eigenvalue weighted by atomic mass is 9.93. The number of anilines is 2. The molecule has 0 bridgehead atoms. The molecular weight excluding hydrogens is 700 g/mol. The predicted molar refractivity (Wildman–Crippen MR) is 156 cm³/mol. The Labute approximate surface area is 274 Å². The summed E-state index contributed by atoms with van der Waals surface area (Å²) in [7, 11) is 0. The molecule has 4 aromatic carbocycles. The van der Waals surface area contributed by atoms with Crippen LogP contribution in [-0.2, 0) is 24.7 Å². The summed E-state index contributed by atoms with van der Waals surface area (Å²) in [5, 5.41) is 8.57. The molecule has 6 nitrogen and oxygen atoms in total. The summed E-state index contributed by atoms with van der Waals surface area (Å²) >= 11 is 0. The zero-order chi connectivity index (χ0) is 37.1. The van der Waals surface area contributed by atoms with Gasteiger partial charge in [0.05, 0.1) is 34.3 Å². The maximum atomic E-state index is 13.4. The molecule has 0 heterocycles. The van der Waals surface area contributed by atoms with Crippen molar-refractivity contribution in [2.45, 2.75) is 36.8 Å². The van der Waals surface area contributed by atoms with E-state index in [-0.39, 0.29) is 47.5 Å². The summed E-state index contributed by atoms with van der Waals surface area (Å²) in [5.41, 5.74) is -8.26. The first-order chi connectivity index (χ1) is 23.1. The summed E-state index contributed by atoms with van der Waals surface area (Å²) in [6.07, 6.45) is -20.9. The molecule has 0 saturated carbocycles. The second kappa shape index (κ2) is 14.2. The number of urea groups is 2. The molecule has 0 fully saturated rings. The van der Waals surface area contributed by atoms with Crippen LogP contribution in [0.5, 0.6) is 0 Å². The molecule has 0 radical (unpaired) electrons. The summed E-state index contributed by atoms with van der Waals surface area (Å²) in [4.78, 5) is 26.3. The van der Waals surface area contributed by atoms with Crippen molar-refractivity contribution < 1.29 is 62.3 Å². The van der Waals surface area contributed by atoms with Gasteiger partial charge in [0.1, 0.15) is 0 Å². The van der Waals surface area contributed by atoms with Gasteiger partial charge in [-0.25, -0.2) is 9.59 Å². The quantitative estimate of drug-likeness (QED) is 0.143. The van der Waals surface area contributed by atoms with Crippen LogP contribution < -0.4 is 21.3 Å². The average Bonchev–Trinajstić information content (AvgIpc) is 3.01. The fraction of sp³-hybridized carbons (Fsp3) is 0.188. The SMILES string of the molecule is O=C(Nc1cc(C(F)(F)F)cc(C(F)(F)F)c1)N[C@H](c1ccccc1)[C@H](NC(=O)Nc1cc(C(F)(F)F)cc(C(F)(F)F)c1)c1ccccc1. The highest BCUT2D eigenvalue weighted by molar-refractivity contribution is 5.91. The Morgan fingerprint density at radius 3 is 0.920 bits per heavy atom. The molecule has 0 aliphatic rings. The highest BCUT2D eigenvalue weighted by atomic mass is 19.4. The minimum absolute atomic E-state index is 0.147. The molecule has 18 heteroatoms. The summed E-state index contributed by atoms with van der Waals surface area (Å²) in [6.45, 7) is 0. The number of alkyl halides is 12. The van der Waals surface area contributed by atoms with E-state index in [0.29, 0.717) is 0 Å². The Hall–Kier alpha value is -5.42. The van der Waals surface area contributed by atoms with Crippen molar-refractivity contribution in [1.29, 1.82) is 0 Å². The van der Waals surface area contributed by atoms with Crippen LogP contribution in [0.3, 0.4) is 0 Å². The van der Waals surface area contributed by atoms with Gasteiger partial charge in [0.2, 0.25) is 0 Å². The second-order valence-electron chi connectivity index (χ2n) is 10.6. The fourth-order valence-corrected chi connectivity index (χ4v) is 4.71. The van der Waals surface area contributed by atoms with E-state index >= 15 is 0 Å². The number of rotatable bonds is 7. The second-order valence-corrected chi connectivity index (χ2v) is 10.6. The summed E-state index contributed by atoms with van der Waals surface area (Å²) in [5.74, 6) is 0. The first-order valence-electron chi connectivity index (χ1n) is 13.9. The molecule has 0 unspecified atom stereocenters. The molecule has 50 heavy (non-hydrogen) atoms. The molecule has 4 N–H and O–H groups in total. The molecule has 2 atom stereocenters. The van der Waals surface area contributed by atoms with E-state index in [1.165, 1.54) is 48.5 Å². The minimum Gasteiger partial charge on any atom is -0.329 e. The van der Waals surface area contributed by atoms with Crippen LogP contribution in [0.15, 0.2) is 97.1 Å². The molecule has 0 aliphatic carbocycles. The lowest BCUT2D eigenvalue weighted by molar-refractivity contribution is -0.144.